The molecular formula is C14H15ClN2O. The first kappa shape index (κ1) is 12.9. The average molecular weight is 263 g/mol. The van der Waals surface area contributed by atoms with Gasteiger partial charge >= 0.3 is 0 Å². The van der Waals surface area contributed by atoms with E-state index >= 15 is 0 Å². The number of nitrogens with one attached hydrogen (secondary N) is 1. The molecule has 4 heteroatoms. The van der Waals surface area contributed by atoms with Crippen LogP contribution in [0.4, 0.5) is 5.69 Å². The topological polar surface area (TPSA) is 45.1 Å². The van der Waals surface area contributed by atoms with Crippen molar-refractivity contribution in [2.45, 2.75) is 12.5 Å². The number of aliphatic hydroxyl groups is 1. The molecule has 2 N–H and O–H groups in total. The lowest BCUT2D eigenvalue weighted by Gasteiger charge is -2.30. The molecular weight excluding hydrogens is 248 g/mol. The number of rotatable bonds is 4. The summed E-state index contributed by atoms with van der Waals surface area (Å²) in [4.78, 5) is 3.98. The van der Waals surface area contributed by atoms with Gasteiger partial charge in [0.1, 0.15) is 0 Å². The van der Waals surface area contributed by atoms with Gasteiger partial charge in [-0.15, -0.1) is 0 Å². The normalized spacial score (nSPS) is 13.9. The third kappa shape index (κ3) is 2.81. The van der Waals surface area contributed by atoms with Crippen LogP contribution in [-0.2, 0) is 5.54 Å². The van der Waals surface area contributed by atoms with Crippen molar-refractivity contribution in [3.63, 3.8) is 0 Å². The van der Waals surface area contributed by atoms with Gasteiger partial charge < -0.3 is 10.4 Å². The Morgan fingerprint density at radius 2 is 1.78 bits per heavy atom. The molecule has 0 saturated heterocycles. The first-order valence-corrected chi connectivity index (χ1v) is 6.07. The monoisotopic (exact) mass is 262 g/mol. The molecule has 0 saturated carbocycles. The van der Waals surface area contributed by atoms with Gasteiger partial charge in [0.15, 0.2) is 0 Å². The molecule has 0 fully saturated rings. The molecule has 0 aliphatic carbocycles. The molecule has 0 radical (unpaired) electrons. The van der Waals surface area contributed by atoms with Gasteiger partial charge in [0.05, 0.1) is 12.1 Å². The smallest absolute Gasteiger partial charge is 0.0829 e. The van der Waals surface area contributed by atoms with Gasteiger partial charge in [0.2, 0.25) is 0 Å². The minimum absolute atomic E-state index is 0.0142. The van der Waals surface area contributed by atoms with Crippen molar-refractivity contribution < 1.29 is 5.11 Å². The van der Waals surface area contributed by atoms with E-state index in [1.807, 2.05) is 43.3 Å². The standard InChI is InChI=1S/C14H15ClN2O/c1-14(10-18,11-6-8-16-9-7-11)17-13-4-2-12(15)3-5-13/h2-9,17-18H,10H2,1H3. The van der Waals surface area contributed by atoms with Crippen molar-refractivity contribution in [1.29, 1.82) is 0 Å². The SMILES string of the molecule is CC(CO)(Nc1ccc(Cl)cc1)c1ccncc1. The zero-order chi connectivity index (χ0) is 13.0. The molecule has 0 aliphatic heterocycles. The average Bonchev–Trinajstić information content (AvgIpc) is 2.42. The highest BCUT2D eigenvalue weighted by Gasteiger charge is 2.25. The third-order valence-corrected chi connectivity index (χ3v) is 3.15. The van der Waals surface area contributed by atoms with Crippen LogP contribution < -0.4 is 5.32 Å². The Balaban J connectivity index is 2.26. The summed E-state index contributed by atoms with van der Waals surface area (Å²) in [5, 5.41) is 13.6. The molecule has 1 atom stereocenters. The number of halogens is 1. The highest BCUT2D eigenvalue weighted by atomic mass is 35.5. The van der Waals surface area contributed by atoms with Crippen molar-refractivity contribution in [2.24, 2.45) is 0 Å². The summed E-state index contributed by atoms with van der Waals surface area (Å²) in [6, 6.07) is 11.2. The molecule has 0 aliphatic rings. The summed E-state index contributed by atoms with van der Waals surface area (Å²) in [6.07, 6.45) is 3.43. The molecule has 0 spiro atoms. The predicted molar refractivity (Wildman–Crippen MR) is 73.7 cm³/mol. The van der Waals surface area contributed by atoms with E-state index in [2.05, 4.69) is 10.3 Å². The van der Waals surface area contributed by atoms with Gasteiger partial charge in [-0.25, -0.2) is 0 Å². The summed E-state index contributed by atoms with van der Waals surface area (Å²) in [5.41, 5.74) is 1.35. The maximum atomic E-state index is 9.65. The van der Waals surface area contributed by atoms with Crippen LogP contribution in [0.5, 0.6) is 0 Å². The second kappa shape index (κ2) is 5.38. The van der Waals surface area contributed by atoms with E-state index in [1.165, 1.54) is 0 Å². The zero-order valence-electron chi connectivity index (χ0n) is 10.1. The molecule has 18 heavy (non-hydrogen) atoms. The van der Waals surface area contributed by atoms with Crippen LogP contribution in [0, 0.1) is 0 Å². The van der Waals surface area contributed by atoms with Crippen LogP contribution in [-0.4, -0.2) is 16.7 Å². The van der Waals surface area contributed by atoms with E-state index in [1.54, 1.807) is 12.4 Å². The highest BCUT2D eigenvalue weighted by Crippen LogP contribution is 2.26. The number of pyridine rings is 1. The Morgan fingerprint density at radius 3 is 2.33 bits per heavy atom. The maximum absolute atomic E-state index is 9.65. The van der Waals surface area contributed by atoms with Crippen molar-refractivity contribution in [3.8, 4) is 0 Å². The predicted octanol–water partition coefficient (Wildman–Crippen LogP) is 3.05. The van der Waals surface area contributed by atoms with Gasteiger partial charge in [-0.1, -0.05) is 11.6 Å². The Labute approximate surface area is 111 Å². The molecule has 0 bridgehead atoms. The van der Waals surface area contributed by atoms with Crippen molar-refractivity contribution >= 4 is 17.3 Å². The van der Waals surface area contributed by atoms with E-state index in [9.17, 15) is 5.11 Å². The second-order valence-corrected chi connectivity index (χ2v) is 4.79. The Morgan fingerprint density at radius 1 is 1.17 bits per heavy atom. The number of hydrogen-bond donors (Lipinski definition) is 2. The molecule has 0 amide bonds. The summed E-state index contributed by atoms with van der Waals surface area (Å²) < 4.78 is 0. The van der Waals surface area contributed by atoms with E-state index in [4.69, 9.17) is 11.6 Å². The van der Waals surface area contributed by atoms with Crippen molar-refractivity contribution in [2.75, 3.05) is 11.9 Å². The van der Waals surface area contributed by atoms with Gasteiger partial charge in [0.25, 0.3) is 0 Å². The number of benzene rings is 1. The van der Waals surface area contributed by atoms with Gasteiger partial charge in [-0.2, -0.15) is 0 Å². The summed E-state index contributed by atoms with van der Waals surface area (Å²) in [6.45, 7) is 1.93. The third-order valence-electron chi connectivity index (χ3n) is 2.90. The van der Waals surface area contributed by atoms with Gasteiger partial charge in [-0.3, -0.25) is 4.98 Å². The lowest BCUT2D eigenvalue weighted by atomic mass is 9.93. The van der Waals surface area contributed by atoms with Crippen molar-refractivity contribution in [1.82, 2.24) is 4.98 Å². The van der Waals surface area contributed by atoms with Crippen LogP contribution >= 0.6 is 11.6 Å². The largest absolute Gasteiger partial charge is 0.394 e. The van der Waals surface area contributed by atoms with E-state index in [0.717, 1.165) is 11.3 Å². The van der Waals surface area contributed by atoms with Crippen LogP contribution in [0.2, 0.25) is 5.02 Å². The molecule has 1 unspecified atom stereocenters. The quantitative estimate of drug-likeness (QED) is 0.890. The van der Waals surface area contributed by atoms with E-state index < -0.39 is 5.54 Å². The molecule has 1 heterocycles. The molecule has 1 aromatic carbocycles. The van der Waals surface area contributed by atoms with Crippen LogP contribution in [0.25, 0.3) is 0 Å². The summed E-state index contributed by atoms with van der Waals surface area (Å²) >= 11 is 5.85. The second-order valence-electron chi connectivity index (χ2n) is 4.36. The van der Waals surface area contributed by atoms with Crippen molar-refractivity contribution in [3.05, 3.63) is 59.4 Å². The number of aliphatic hydroxyl groups excluding tert-OH is 1. The van der Waals surface area contributed by atoms with Gasteiger partial charge in [-0.05, 0) is 48.9 Å². The minimum atomic E-state index is -0.545. The summed E-state index contributed by atoms with van der Waals surface area (Å²) in [5.74, 6) is 0. The fourth-order valence-electron chi connectivity index (χ4n) is 1.77. The Hall–Kier alpha value is -1.58. The fourth-order valence-corrected chi connectivity index (χ4v) is 1.90. The van der Waals surface area contributed by atoms with Gasteiger partial charge in [0, 0.05) is 23.1 Å². The lowest BCUT2D eigenvalue weighted by Crippen LogP contribution is -2.35. The highest BCUT2D eigenvalue weighted by molar-refractivity contribution is 6.30. The zero-order valence-corrected chi connectivity index (χ0v) is 10.9. The van der Waals surface area contributed by atoms with Crippen LogP contribution in [0.1, 0.15) is 12.5 Å². The number of hydrogen-bond acceptors (Lipinski definition) is 3. The summed E-state index contributed by atoms with van der Waals surface area (Å²) in [7, 11) is 0. The molecule has 2 rings (SSSR count). The van der Waals surface area contributed by atoms with Crippen LogP contribution in [0.15, 0.2) is 48.8 Å². The lowest BCUT2D eigenvalue weighted by molar-refractivity contribution is 0.224. The maximum Gasteiger partial charge on any atom is 0.0829 e. The molecule has 94 valence electrons. The number of anilines is 1. The molecule has 3 nitrogen and oxygen atoms in total. The minimum Gasteiger partial charge on any atom is -0.394 e. The number of aromatic nitrogens is 1. The molecule has 1 aromatic heterocycles. The first-order valence-electron chi connectivity index (χ1n) is 5.69. The Kier molecular flexibility index (Phi) is 3.84. The Bertz CT molecular complexity index is 501. The number of nitrogens with zero attached hydrogens (tertiary/aromatic N) is 1. The molecule has 2 aromatic rings. The fraction of sp³-hybridized carbons (Fsp3) is 0.214. The van der Waals surface area contributed by atoms with Crippen LogP contribution in [0.3, 0.4) is 0 Å². The first-order chi connectivity index (χ1) is 8.64. The van der Waals surface area contributed by atoms with E-state index in [0.29, 0.717) is 5.02 Å². The van der Waals surface area contributed by atoms with E-state index in [-0.39, 0.29) is 6.61 Å².